The van der Waals surface area contributed by atoms with E-state index in [0.717, 1.165) is 6.42 Å². The van der Waals surface area contributed by atoms with Crippen molar-refractivity contribution in [2.45, 2.75) is 6.42 Å². The third kappa shape index (κ3) is 13.1. The molecule has 1 heteroatoms. The van der Waals surface area contributed by atoms with E-state index in [-0.39, 0.29) is 19.5 Å². The first kappa shape index (κ1) is 9.03. The van der Waals surface area contributed by atoms with E-state index in [1.807, 2.05) is 0 Å². The van der Waals surface area contributed by atoms with E-state index in [4.69, 9.17) is 6.58 Å². The molecule has 0 aliphatic heterocycles. The molecule has 0 aromatic heterocycles. The molecule has 5 heavy (non-hydrogen) atoms. The summed E-state index contributed by atoms with van der Waals surface area (Å²) in [4.78, 5) is 0. The standard InChI is InChI=1S/C4H6.Ru/c1-3-4-2;/h1,3H,2,4H2;/q-2;+2. The van der Waals surface area contributed by atoms with Crippen molar-refractivity contribution in [2.24, 2.45) is 0 Å². The maximum atomic E-state index is 4.84. The SMILES string of the molecule is [CH-]=CC[CH2-].[Ru+2]. The summed E-state index contributed by atoms with van der Waals surface area (Å²) in [6.07, 6.45) is 2.24. The number of allylic oxidation sites excluding steroid dienone is 1. The van der Waals surface area contributed by atoms with Crippen LogP contribution in [0.15, 0.2) is 6.08 Å². The van der Waals surface area contributed by atoms with Crippen molar-refractivity contribution in [2.75, 3.05) is 0 Å². The maximum absolute atomic E-state index is 4.84. The Morgan fingerprint density at radius 1 is 1.80 bits per heavy atom. The van der Waals surface area contributed by atoms with Gasteiger partial charge in [0, 0.05) is 0 Å². The topological polar surface area (TPSA) is 0 Å². The van der Waals surface area contributed by atoms with E-state index in [1.165, 1.54) is 6.08 Å². The molecule has 0 atom stereocenters. The van der Waals surface area contributed by atoms with Crippen LogP contribution >= 0.6 is 0 Å². The molecule has 0 rings (SSSR count). The van der Waals surface area contributed by atoms with Gasteiger partial charge < -0.3 is 19.6 Å². The second-order valence-corrected chi connectivity index (χ2v) is 0.524. The fourth-order valence-corrected chi connectivity index (χ4v) is 0. The van der Waals surface area contributed by atoms with Crippen LogP contribution in [-0.4, -0.2) is 0 Å². The summed E-state index contributed by atoms with van der Waals surface area (Å²) >= 11 is 0. The van der Waals surface area contributed by atoms with E-state index >= 15 is 0 Å². The molecule has 0 amide bonds. The molecule has 0 saturated heterocycles. The van der Waals surface area contributed by atoms with Crippen LogP contribution in [-0.2, 0) is 19.5 Å². The van der Waals surface area contributed by atoms with Crippen LogP contribution in [0.5, 0.6) is 0 Å². The Kier molecular flexibility index (Phi) is 16.0. The van der Waals surface area contributed by atoms with Crippen molar-refractivity contribution in [3.8, 4) is 0 Å². The predicted octanol–water partition coefficient (Wildman–Crippen LogP) is 1.20. The average molecular weight is 155 g/mol. The van der Waals surface area contributed by atoms with Crippen molar-refractivity contribution in [3.63, 3.8) is 0 Å². The molecule has 0 aromatic rings. The normalized spacial score (nSPS) is 5.00. The van der Waals surface area contributed by atoms with Gasteiger partial charge in [-0.05, 0) is 0 Å². The first-order chi connectivity index (χ1) is 1.91. The second-order valence-electron chi connectivity index (χ2n) is 0.524. The molecule has 0 unspecified atom stereocenters. The molecule has 0 saturated carbocycles. The van der Waals surface area contributed by atoms with Gasteiger partial charge in [-0.2, -0.15) is 6.42 Å². The monoisotopic (exact) mass is 156 g/mol. The van der Waals surface area contributed by atoms with Gasteiger partial charge in [0.15, 0.2) is 0 Å². The van der Waals surface area contributed by atoms with Gasteiger partial charge in [-0.1, -0.05) is 0 Å². The third-order valence-electron chi connectivity index (χ3n) is 0.167. The Balaban J connectivity index is 0. The minimum atomic E-state index is 0. The molecule has 0 spiro atoms. The van der Waals surface area contributed by atoms with Gasteiger partial charge in [0.2, 0.25) is 0 Å². The van der Waals surface area contributed by atoms with Gasteiger partial charge in [0.1, 0.15) is 0 Å². The summed E-state index contributed by atoms with van der Waals surface area (Å²) in [7, 11) is 0. The summed E-state index contributed by atoms with van der Waals surface area (Å²) in [6, 6.07) is 0. The van der Waals surface area contributed by atoms with Crippen molar-refractivity contribution >= 4 is 0 Å². The van der Waals surface area contributed by atoms with Crippen LogP contribution in [0.4, 0.5) is 0 Å². The Morgan fingerprint density at radius 2 is 2.00 bits per heavy atom. The zero-order valence-electron chi connectivity index (χ0n) is 2.92. The molecule has 0 aliphatic carbocycles. The summed E-state index contributed by atoms with van der Waals surface area (Å²) < 4.78 is 0. The maximum Gasteiger partial charge on any atom is 2.00 e. The first-order valence-electron chi connectivity index (χ1n) is 1.24. The molecular weight excluding hydrogens is 149 g/mol. The van der Waals surface area contributed by atoms with Crippen LogP contribution in [0.1, 0.15) is 6.42 Å². The van der Waals surface area contributed by atoms with Crippen LogP contribution in [0, 0.1) is 13.5 Å². The Hall–Kier alpha value is 0.363. The predicted molar refractivity (Wildman–Crippen MR) is 18.8 cm³/mol. The molecule has 0 nitrogen and oxygen atoms in total. The quantitative estimate of drug-likeness (QED) is 0.394. The van der Waals surface area contributed by atoms with Crippen LogP contribution in [0.2, 0.25) is 0 Å². The van der Waals surface area contributed by atoms with Gasteiger partial charge in [0.25, 0.3) is 0 Å². The minimum absolute atomic E-state index is 0. The molecular formula is C4H6Ru. The number of hydrogen-bond donors (Lipinski definition) is 0. The molecule has 0 bridgehead atoms. The third-order valence-corrected chi connectivity index (χ3v) is 0.167. The average Bonchev–Trinajstić information content (AvgIpc) is 1.37. The molecule has 0 heterocycles. The first-order valence-corrected chi connectivity index (χ1v) is 1.24. The minimum Gasteiger partial charge on any atom is -0.520 e. The Bertz CT molecular complexity index is 17.6. The van der Waals surface area contributed by atoms with Crippen LogP contribution in [0.25, 0.3) is 0 Å². The fraction of sp³-hybridized carbons (Fsp3) is 0.250. The second kappa shape index (κ2) is 8.84. The molecule has 0 fully saturated rings. The number of rotatable bonds is 1. The summed E-state index contributed by atoms with van der Waals surface area (Å²) in [5, 5.41) is 0. The van der Waals surface area contributed by atoms with Crippen LogP contribution in [0.3, 0.4) is 0 Å². The van der Waals surface area contributed by atoms with E-state index in [9.17, 15) is 0 Å². The van der Waals surface area contributed by atoms with Crippen molar-refractivity contribution in [3.05, 3.63) is 19.6 Å². The van der Waals surface area contributed by atoms with E-state index in [0.29, 0.717) is 0 Å². The molecule has 0 N–H and O–H groups in total. The summed E-state index contributed by atoms with van der Waals surface area (Å²) in [6.45, 7) is 8.26. The van der Waals surface area contributed by atoms with Gasteiger partial charge >= 0.3 is 19.5 Å². The molecule has 0 aromatic carbocycles. The van der Waals surface area contributed by atoms with Crippen molar-refractivity contribution < 1.29 is 19.5 Å². The van der Waals surface area contributed by atoms with Crippen LogP contribution < -0.4 is 0 Å². The van der Waals surface area contributed by atoms with Gasteiger partial charge in [-0.3, -0.25) is 0 Å². The largest absolute Gasteiger partial charge is 2.00 e. The van der Waals surface area contributed by atoms with E-state index in [1.54, 1.807) is 0 Å². The zero-order valence-corrected chi connectivity index (χ0v) is 4.66. The van der Waals surface area contributed by atoms with Gasteiger partial charge in [0.05, 0.1) is 0 Å². The Labute approximate surface area is 46.0 Å². The molecule has 0 aliphatic rings. The van der Waals surface area contributed by atoms with E-state index < -0.39 is 0 Å². The van der Waals surface area contributed by atoms with Crippen molar-refractivity contribution in [1.29, 1.82) is 0 Å². The number of hydrogen-bond acceptors (Lipinski definition) is 0. The van der Waals surface area contributed by atoms with Crippen molar-refractivity contribution in [1.82, 2.24) is 0 Å². The summed E-state index contributed by atoms with van der Waals surface area (Å²) in [5.74, 6) is 0. The van der Waals surface area contributed by atoms with E-state index in [2.05, 4.69) is 6.92 Å². The summed E-state index contributed by atoms with van der Waals surface area (Å²) in [5.41, 5.74) is 0. The Morgan fingerprint density at radius 3 is 2.00 bits per heavy atom. The van der Waals surface area contributed by atoms with Gasteiger partial charge in [-0.25, -0.2) is 0 Å². The smallest absolute Gasteiger partial charge is 0.520 e. The molecule has 30 valence electrons. The van der Waals surface area contributed by atoms with Gasteiger partial charge in [-0.15, -0.1) is 0 Å². The molecule has 0 radical (unpaired) electrons. The zero-order chi connectivity index (χ0) is 3.41. The fourth-order valence-electron chi connectivity index (χ4n) is 0.